The molecule has 0 bridgehead atoms. The molecule has 0 spiro atoms. The van der Waals surface area contributed by atoms with Crippen molar-refractivity contribution in [1.82, 2.24) is 10.2 Å². The van der Waals surface area contributed by atoms with Gasteiger partial charge in [0.05, 0.1) is 12.2 Å². The molecule has 176 valence electrons. The van der Waals surface area contributed by atoms with Crippen molar-refractivity contribution in [3.8, 4) is 0 Å². The second-order valence-electron chi connectivity index (χ2n) is 8.96. The fourth-order valence-electron chi connectivity index (χ4n) is 4.65. The largest absolute Gasteiger partial charge is 0.464 e. The number of anilines is 1. The van der Waals surface area contributed by atoms with Gasteiger partial charge in [0, 0.05) is 49.0 Å². The fourth-order valence-corrected chi connectivity index (χ4v) is 4.65. The van der Waals surface area contributed by atoms with Gasteiger partial charge in [-0.2, -0.15) is 0 Å². The van der Waals surface area contributed by atoms with Crippen LogP contribution in [0.25, 0.3) is 11.0 Å². The Morgan fingerprint density at radius 3 is 2.64 bits per heavy atom. The number of imide groups is 1. The van der Waals surface area contributed by atoms with Crippen LogP contribution >= 0.6 is 0 Å². The molecule has 1 unspecified atom stereocenters. The Bertz CT molecular complexity index is 1040. The molecule has 2 aromatic rings. The van der Waals surface area contributed by atoms with Gasteiger partial charge in [-0.1, -0.05) is 6.42 Å². The van der Waals surface area contributed by atoms with Crippen LogP contribution in [-0.4, -0.2) is 41.6 Å². The molecule has 4 rings (SSSR count). The number of hydrogen-bond acceptors (Lipinski definition) is 5. The molecule has 0 aliphatic carbocycles. The molecule has 4 amide bonds. The normalized spacial score (nSPS) is 18.9. The van der Waals surface area contributed by atoms with E-state index in [1.807, 2.05) is 11.0 Å². The second kappa shape index (κ2) is 10.6. The number of unbranched alkanes of at least 4 members (excludes halogenated alkanes) is 2. The van der Waals surface area contributed by atoms with E-state index in [4.69, 9.17) is 4.42 Å². The van der Waals surface area contributed by atoms with Gasteiger partial charge in [-0.05, 0) is 56.7 Å². The quantitative estimate of drug-likeness (QED) is 0.466. The van der Waals surface area contributed by atoms with Gasteiger partial charge in [0.25, 0.3) is 0 Å². The summed E-state index contributed by atoms with van der Waals surface area (Å²) in [6.07, 6.45) is 9.03. The number of amides is 4. The summed E-state index contributed by atoms with van der Waals surface area (Å²) in [5.41, 5.74) is 2.00. The van der Waals surface area contributed by atoms with E-state index in [1.54, 1.807) is 18.4 Å². The summed E-state index contributed by atoms with van der Waals surface area (Å²) in [6.45, 7) is 1.76. The average molecular weight is 454 g/mol. The first-order chi connectivity index (χ1) is 16.0. The van der Waals surface area contributed by atoms with Crippen LogP contribution in [0.4, 0.5) is 5.69 Å². The fraction of sp³-hybridized carbons (Fsp3) is 0.520. The van der Waals surface area contributed by atoms with Gasteiger partial charge >= 0.3 is 0 Å². The molecular formula is C25H31N3O5. The molecule has 2 aliphatic heterocycles. The molecule has 3 heterocycles. The first-order valence-electron chi connectivity index (χ1n) is 11.9. The maximum absolute atomic E-state index is 12.4. The number of benzene rings is 1. The predicted octanol–water partition coefficient (Wildman–Crippen LogP) is 3.85. The molecule has 0 radical (unpaired) electrons. The van der Waals surface area contributed by atoms with Crippen LogP contribution in [0.15, 0.2) is 28.9 Å². The minimum atomic E-state index is -0.442. The van der Waals surface area contributed by atoms with Gasteiger partial charge in [0.15, 0.2) is 0 Å². The highest BCUT2D eigenvalue weighted by Gasteiger charge is 2.30. The molecule has 8 heteroatoms. The average Bonchev–Trinajstić information content (AvgIpc) is 3.22. The lowest BCUT2D eigenvalue weighted by Crippen LogP contribution is -2.39. The lowest BCUT2D eigenvalue weighted by Gasteiger charge is -2.26. The van der Waals surface area contributed by atoms with E-state index in [2.05, 4.69) is 10.6 Å². The Labute approximate surface area is 193 Å². The molecule has 2 saturated heterocycles. The maximum atomic E-state index is 12.4. The highest BCUT2D eigenvalue weighted by Crippen LogP contribution is 2.34. The Hall–Kier alpha value is -3.16. The lowest BCUT2D eigenvalue weighted by atomic mass is 9.90. The second-order valence-corrected chi connectivity index (χ2v) is 8.96. The Balaban J connectivity index is 1.25. The van der Waals surface area contributed by atoms with Crippen molar-refractivity contribution in [3.63, 3.8) is 0 Å². The molecule has 33 heavy (non-hydrogen) atoms. The molecule has 1 aromatic carbocycles. The standard InChI is InChI=1S/C25H31N3O5/c29-22(7-3-1-4-8-24(31)28-13-5-2-6-14-28)26-17-9-11-21-19(15-17)20(16-33-21)18-10-12-23(30)27-25(18)32/h9,11,15-16,18H,1-8,10,12-14H2,(H,26,29)(H,27,30,32). The van der Waals surface area contributed by atoms with Crippen LogP contribution < -0.4 is 10.6 Å². The summed E-state index contributed by atoms with van der Waals surface area (Å²) in [6, 6.07) is 5.36. The van der Waals surface area contributed by atoms with Crippen LogP contribution in [0.1, 0.15) is 75.7 Å². The number of likely N-dealkylation sites (tertiary alicyclic amines) is 1. The molecule has 2 aliphatic rings. The number of carbonyl (C=O) groups is 4. The Kier molecular flexibility index (Phi) is 7.42. The Morgan fingerprint density at radius 1 is 1.06 bits per heavy atom. The summed E-state index contributed by atoms with van der Waals surface area (Å²) >= 11 is 0. The molecule has 0 saturated carbocycles. The molecule has 8 nitrogen and oxygen atoms in total. The number of nitrogens with zero attached hydrogens (tertiary/aromatic N) is 1. The van der Waals surface area contributed by atoms with E-state index in [0.717, 1.165) is 56.1 Å². The van der Waals surface area contributed by atoms with Crippen molar-refractivity contribution in [3.05, 3.63) is 30.0 Å². The lowest BCUT2D eigenvalue weighted by molar-refractivity contribution is -0.134. The Morgan fingerprint density at radius 2 is 1.85 bits per heavy atom. The minimum Gasteiger partial charge on any atom is -0.464 e. The van der Waals surface area contributed by atoms with Crippen LogP contribution in [0.3, 0.4) is 0 Å². The van der Waals surface area contributed by atoms with Gasteiger partial charge in [0.2, 0.25) is 23.6 Å². The predicted molar refractivity (Wildman–Crippen MR) is 123 cm³/mol. The number of carbonyl (C=O) groups excluding carboxylic acids is 4. The van der Waals surface area contributed by atoms with Crippen LogP contribution in [-0.2, 0) is 19.2 Å². The van der Waals surface area contributed by atoms with Gasteiger partial charge in [-0.25, -0.2) is 0 Å². The number of furan rings is 1. The summed E-state index contributed by atoms with van der Waals surface area (Å²) in [5, 5.41) is 6.05. The number of rotatable bonds is 8. The molecule has 1 aromatic heterocycles. The van der Waals surface area contributed by atoms with E-state index in [-0.39, 0.29) is 23.6 Å². The van der Waals surface area contributed by atoms with Gasteiger partial charge in [-0.15, -0.1) is 0 Å². The molecule has 2 N–H and O–H groups in total. The van der Waals surface area contributed by atoms with Crippen LogP contribution in [0.2, 0.25) is 0 Å². The highest BCUT2D eigenvalue weighted by molar-refractivity contribution is 6.03. The summed E-state index contributed by atoms with van der Waals surface area (Å²) in [4.78, 5) is 50.2. The zero-order chi connectivity index (χ0) is 23.2. The minimum absolute atomic E-state index is 0.0808. The van der Waals surface area contributed by atoms with E-state index in [9.17, 15) is 19.2 Å². The third-order valence-electron chi connectivity index (χ3n) is 6.51. The van der Waals surface area contributed by atoms with Crippen molar-refractivity contribution < 1.29 is 23.6 Å². The van der Waals surface area contributed by atoms with E-state index < -0.39 is 5.92 Å². The summed E-state index contributed by atoms with van der Waals surface area (Å²) in [5.74, 6) is -0.861. The van der Waals surface area contributed by atoms with Gasteiger partial charge < -0.3 is 14.6 Å². The first kappa shape index (κ1) is 23.0. The zero-order valence-corrected chi connectivity index (χ0v) is 18.9. The van der Waals surface area contributed by atoms with E-state index in [1.165, 1.54) is 6.42 Å². The number of piperidine rings is 2. The van der Waals surface area contributed by atoms with Gasteiger partial charge in [-0.3, -0.25) is 24.5 Å². The molecule has 1 atom stereocenters. The van der Waals surface area contributed by atoms with Gasteiger partial charge in [0.1, 0.15) is 5.58 Å². The SMILES string of the molecule is O=C1CCC(c2coc3ccc(NC(=O)CCCCCC(=O)N4CCCCC4)cc23)C(=O)N1. The number of hydrogen-bond donors (Lipinski definition) is 2. The smallest absolute Gasteiger partial charge is 0.234 e. The van der Waals surface area contributed by atoms with Crippen molar-refractivity contribution in [1.29, 1.82) is 0 Å². The topological polar surface area (TPSA) is 109 Å². The number of nitrogens with one attached hydrogen (secondary N) is 2. The van der Waals surface area contributed by atoms with Crippen molar-refractivity contribution in [2.45, 2.75) is 70.1 Å². The van der Waals surface area contributed by atoms with Crippen molar-refractivity contribution in [2.24, 2.45) is 0 Å². The van der Waals surface area contributed by atoms with E-state index >= 15 is 0 Å². The van der Waals surface area contributed by atoms with E-state index in [0.29, 0.717) is 37.0 Å². The monoisotopic (exact) mass is 453 g/mol. The molecular weight excluding hydrogens is 422 g/mol. The zero-order valence-electron chi connectivity index (χ0n) is 18.9. The van der Waals surface area contributed by atoms with Crippen molar-refractivity contribution >= 4 is 40.3 Å². The first-order valence-corrected chi connectivity index (χ1v) is 11.9. The third-order valence-corrected chi connectivity index (χ3v) is 6.51. The molecule has 2 fully saturated rings. The van der Waals surface area contributed by atoms with Crippen LogP contribution in [0, 0.1) is 0 Å². The number of fused-ring (bicyclic) bond motifs is 1. The third kappa shape index (κ3) is 5.80. The maximum Gasteiger partial charge on any atom is 0.234 e. The van der Waals surface area contributed by atoms with Crippen LogP contribution in [0.5, 0.6) is 0 Å². The summed E-state index contributed by atoms with van der Waals surface area (Å²) in [7, 11) is 0. The highest BCUT2D eigenvalue weighted by atomic mass is 16.3. The van der Waals surface area contributed by atoms with Crippen molar-refractivity contribution in [2.75, 3.05) is 18.4 Å². The summed E-state index contributed by atoms with van der Waals surface area (Å²) < 4.78 is 5.58.